The minimum absolute atomic E-state index is 0.210. The predicted molar refractivity (Wildman–Crippen MR) is 68.8 cm³/mol. The molecule has 0 aliphatic carbocycles. The van der Waals surface area contributed by atoms with E-state index in [0.29, 0.717) is 16.5 Å². The predicted octanol–water partition coefficient (Wildman–Crippen LogP) is 3.77. The van der Waals surface area contributed by atoms with Gasteiger partial charge in [0.1, 0.15) is 5.75 Å². The number of benzene rings is 1. The summed E-state index contributed by atoms with van der Waals surface area (Å²) in [7, 11) is 1.60. The molecule has 1 aromatic carbocycles. The van der Waals surface area contributed by atoms with Gasteiger partial charge in [0, 0.05) is 16.3 Å². The van der Waals surface area contributed by atoms with E-state index in [0.717, 1.165) is 11.3 Å². The van der Waals surface area contributed by atoms with Gasteiger partial charge >= 0.3 is 0 Å². The summed E-state index contributed by atoms with van der Waals surface area (Å²) in [4.78, 5) is 8.19. The largest absolute Gasteiger partial charge is 0.496 e. The Morgan fingerprint density at radius 3 is 2.53 bits per heavy atom. The Hall–Kier alpha value is -1.32. The highest BCUT2D eigenvalue weighted by Crippen LogP contribution is 2.31. The maximum absolute atomic E-state index is 5.97. The normalized spacial score (nSPS) is 10.4. The maximum Gasteiger partial charge on any atom is 0.223 e. The third kappa shape index (κ3) is 2.68. The molecule has 88 valence electrons. The third-order valence-electron chi connectivity index (χ3n) is 2.26. The molecule has 0 radical (unpaired) electrons. The minimum atomic E-state index is 0.210. The van der Waals surface area contributed by atoms with E-state index < -0.39 is 0 Å². The Bertz CT molecular complexity index is 538. The van der Waals surface area contributed by atoms with Crippen molar-refractivity contribution in [3.05, 3.63) is 40.3 Å². The van der Waals surface area contributed by atoms with Gasteiger partial charge in [0.2, 0.25) is 5.28 Å². The molecule has 5 heteroatoms. The molecule has 0 atom stereocenters. The summed E-state index contributed by atoms with van der Waals surface area (Å²) in [5.41, 5.74) is 2.29. The quantitative estimate of drug-likeness (QED) is 0.778. The van der Waals surface area contributed by atoms with Crippen LogP contribution in [0.1, 0.15) is 5.69 Å². The van der Waals surface area contributed by atoms with E-state index in [2.05, 4.69) is 9.97 Å². The van der Waals surface area contributed by atoms with Gasteiger partial charge in [-0.05, 0) is 42.8 Å². The maximum atomic E-state index is 5.97. The Balaban J connectivity index is 2.62. The van der Waals surface area contributed by atoms with Crippen molar-refractivity contribution >= 4 is 23.2 Å². The lowest BCUT2D eigenvalue weighted by Crippen LogP contribution is -1.93. The van der Waals surface area contributed by atoms with Crippen molar-refractivity contribution in [2.24, 2.45) is 0 Å². The Morgan fingerprint density at radius 2 is 1.88 bits per heavy atom. The average Bonchev–Trinajstić information content (AvgIpc) is 2.27. The second-order valence-corrected chi connectivity index (χ2v) is 4.28. The molecule has 1 aromatic heterocycles. The number of rotatable bonds is 2. The van der Waals surface area contributed by atoms with E-state index in [9.17, 15) is 0 Å². The number of aryl methyl sites for hydroxylation is 1. The number of methoxy groups -OCH3 is 1. The van der Waals surface area contributed by atoms with Crippen LogP contribution in [0.25, 0.3) is 11.3 Å². The van der Waals surface area contributed by atoms with Gasteiger partial charge in [-0.2, -0.15) is 0 Å². The topological polar surface area (TPSA) is 35.0 Å². The molecule has 2 aromatic rings. The van der Waals surface area contributed by atoms with Crippen LogP contribution in [-0.4, -0.2) is 17.1 Å². The molecule has 0 saturated carbocycles. The molecule has 17 heavy (non-hydrogen) atoms. The molecule has 0 aliphatic rings. The molecule has 2 rings (SSSR count). The highest BCUT2D eigenvalue weighted by atomic mass is 35.5. The fraction of sp³-hybridized carbons (Fsp3) is 0.167. The van der Waals surface area contributed by atoms with Crippen molar-refractivity contribution in [2.75, 3.05) is 7.11 Å². The SMILES string of the molecule is COc1ccc(Cl)cc1-c1cc(C)nc(Cl)n1. The van der Waals surface area contributed by atoms with E-state index in [-0.39, 0.29) is 5.28 Å². The zero-order chi connectivity index (χ0) is 12.4. The van der Waals surface area contributed by atoms with Gasteiger partial charge in [0.15, 0.2) is 0 Å². The smallest absolute Gasteiger partial charge is 0.223 e. The van der Waals surface area contributed by atoms with Crippen LogP contribution in [0.5, 0.6) is 5.75 Å². The first-order chi connectivity index (χ1) is 8.10. The summed E-state index contributed by atoms with van der Waals surface area (Å²) < 4.78 is 5.27. The van der Waals surface area contributed by atoms with Crippen LogP contribution in [0.15, 0.2) is 24.3 Å². The van der Waals surface area contributed by atoms with Gasteiger partial charge in [0.25, 0.3) is 0 Å². The summed E-state index contributed by atoms with van der Waals surface area (Å²) >= 11 is 11.8. The minimum Gasteiger partial charge on any atom is -0.496 e. The Kier molecular flexibility index (Phi) is 3.50. The van der Waals surface area contributed by atoms with Crippen LogP contribution in [0.3, 0.4) is 0 Å². The molecule has 3 nitrogen and oxygen atoms in total. The van der Waals surface area contributed by atoms with Crippen molar-refractivity contribution in [3.63, 3.8) is 0 Å². The lowest BCUT2D eigenvalue weighted by molar-refractivity contribution is 0.416. The molecule has 0 saturated heterocycles. The van der Waals surface area contributed by atoms with Crippen molar-refractivity contribution in [1.29, 1.82) is 0 Å². The molecule has 1 heterocycles. The van der Waals surface area contributed by atoms with E-state index >= 15 is 0 Å². The first kappa shape index (κ1) is 12.1. The lowest BCUT2D eigenvalue weighted by atomic mass is 10.1. The number of hydrogen-bond donors (Lipinski definition) is 0. The molecule has 0 amide bonds. The van der Waals surface area contributed by atoms with Gasteiger partial charge in [-0.1, -0.05) is 11.6 Å². The number of nitrogens with zero attached hydrogens (tertiary/aromatic N) is 2. The fourth-order valence-corrected chi connectivity index (χ4v) is 1.95. The summed E-state index contributed by atoms with van der Waals surface area (Å²) in [6.45, 7) is 1.86. The second-order valence-electron chi connectivity index (χ2n) is 3.51. The molecule has 0 aliphatic heterocycles. The van der Waals surface area contributed by atoms with Gasteiger partial charge < -0.3 is 4.74 Å². The van der Waals surface area contributed by atoms with Gasteiger partial charge in [0.05, 0.1) is 12.8 Å². The van der Waals surface area contributed by atoms with Gasteiger partial charge in [-0.25, -0.2) is 9.97 Å². The van der Waals surface area contributed by atoms with Crippen LogP contribution in [0.2, 0.25) is 10.3 Å². The van der Waals surface area contributed by atoms with Crippen LogP contribution in [0.4, 0.5) is 0 Å². The lowest BCUT2D eigenvalue weighted by Gasteiger charge is -2.09. The molecular weight excluding hydrogens is 259 g/mol. The molecular formula is C12H10Cl2N2O. The average molecular weight is 269 g/mol. The molecule has 0 spiro atoms. The zero-order valence-corrected chi connectivity index (χ0v) is 10.9. The Labute approximate surface area is 109 Å². The Morgan fingerprint density at radius 1 is 1.12 bits per heavy atom. The highest BCUT2D eigenvalue weighted by molar-refractivity contribution is 6.31. The van der Waals surface area contributed by atoms with Crippen molar-refractivity contribution < 1.29 is 4.74 Å². The van der Waals surface area contributed by atoms with Crippen molar-refractivity contribution in [3.8, 4) is 17.0 Å². The second kappa shape index (κ2) is 4.90. The van der Waals surface area contributed by atoms with Crippen LogP contribution >= 0.6 is 23.2 Å². The van der Waals surface area contributed by atoms with Crippen LogP contribution in [0, 0.1) is 6.92 Å². The number of ether oxygens (including phenoxy) is 1. The fourth-order valence-electron chi connectivity index (χ4n) is 1.55. The van der Waals surface area contributed by atoms with Crippen LogP contribution < -0.4 is 4.74 Å². The van der Waals surface area contributed by atoms with Gasteiger partial charge in [-0.15, -0.1) is 0 Å². The molecule has 0 fully saturated rings. The number of aromatic nitrogens is 2. The number of hydrogen-bond acceptors (Lipinski definition) is 3. The first-order valence-electron chi connectivity index (χ1n) is 4.95. The summed E-state index contributed by atoms with van der Waals surface area (Å²) in [5.74, 6) is 0.698. The summed E-state index contributed by atoms with van der Waals surface area (Å²) in [6.07, 6.45) is 0. The van der Waals surface area contributed by atoms with E-state index in [4.69, 9.17) is 27.9 Å². The molecule has 0 bridgehead atoms. The first-order valence-corrected chi connectivity index (χ1v) is 5.71. The van der Waals surface area contributed by atoms with Crippen LogP contribution in [-0.2, 0) is 0 Å². The standard InChI is InChI=1S/C12H10Cl2N2O/c1-7-5-10(16-12(14)15-7)9-6-8(13)3-4-11(9)17-2/h3-6H,1-2H3. The molecule has 0 N–H and O–H groups in total. The monoisotopic (exact) mass is 268 g/mol. The third-order valence-corrected chi connectivity index (χ3v) is 2.67. The summed E-state index contributed by atoms with van der Waals surface area (Å²) in [5, 5.41) is 0.829. The van der Waals surface area contributed by atoms with E-state index in [1.807, 2.05) is 13.0 Å². The zero-order valence-electron chi connectivity index (χ0n) is 9.37. The van der Waals surface area contributed by atoms with E-state index in [1.165, 1.54) is 0 Å². The van der Waals surface area contributed by atoms with Crippen molar-refractivity contribution in [1.82, 2.24) is 9.97 Å². The highest BCUT2D eigenvalue weighted by Gasteiger charge is 2.09. The molecule has 0 unspecified atom stereocenters. The summed E-state index contributed by atoms with van der Waals surface area (Å²) in [6, 6.07) is 7.18. The van der Waals surface area contributed by atoms with Crippen molar-refractivity contribution in [2.45, 2.75) is 6.92 Å². The van der Waals surface area contributed by atoms with Gasteiger partial charge in [-0.3, -0.25) is 0 Å². The number of halogens is 2. The van der Waals surface area contributed by atoms with E-state index in [1.54, 1.807) is 25.3 Å².